The number of likely N-dealkylation sites (tertiary alicyclic amines) is 1. The van der Waals surface area contributed by atoms with E-state index in [4.69, 9.17) is 0 Å². The lowest BCUT2D eigenvalue weighted by Crippen LogP contribution is -2.33. The summed E-state index contributed by atoms with van der Waals surface area (Å²) in [5, 5.41) is 10.3. The van der Waals surface area contributed by atoms with Gasteiger partial charge in [0.05, 0.1) is 18.6 Å². The van der Waals surface area contributed by atoms with Gasteiger partial charge in [0, 0.05) is 18.9 Å². The highest BCUT2D eigenvalue weighted by Crippen LogP contribution is 2.32. The molecule has 4 heteroatoms. The maximum absolute atomic E-state index is 12.6. The van der Waals surface area contributed by atoms with Crippen LogP contribution in [0.2, 0.25) is 0 Å². The molecule has 1 N–H and O–H groups in total. The number of aromatic nitrogens is 1. The van der Waals surface area contributed by atoms with Crippen molar-refractivity contribution in [3.05, 3.63) is 30.1 Å². The summed E-state index contributed by atoms with van der Waals surface area (Å²) in [4.78, 5) is 18.8. The Kier molecular flexibility index (Phi) is 9.82. The van der Waals surface area contributed by atoms with Crippen molar-refractivity contribution in [2.75, 3.05) is 6.54 Å². The van der Waals surface area contributed by atoms with E-state index in [0.29, 0.717) is 0 Å². The van der Waals surface area contributed by atoms with E-state index < -0.39 is 6.10 Å². The zero-order chi connectivity index (χ0) is 19.5. The first-order chi connectivity index (χ1) is 13.1. The lowest BCUT2D eigenvalue weighted by atomic mass is 10.0. The van der Waals surface area contributed by atoms with Crippen LogP contribution in [0.15, 0.2) is 24.5 Å². The highest BCUT2D eigenvalue weighted by atomic mass is 16.3. The minimum absolute atomic E-state index is 0.0857. The fourth-order valence-corrected chi connectivity index (χ4v) is 4.05. The SMILES string of the molecule is CC(C)CCCCCCCCC(O)CC(=O)N1CCC[C@H]1c1cccnc1. The van der Waals surface area contributed by atoms with Gasteiger partial charge >= 0.3 is 0 Å². The molecular formula is C23H38N2O2. The van der Waals surface area contributed by atoms with E-state index in [1.807, 2.05) is 23.2 Å². The standard InChI is InChI=1S/C23H38N2O2/c1-19(2)11-7-5-3-4-6-8-13-21(26)17-23(27)25-16-10-14-22(25)20-12-9-15-24-18-20/h9,12,15,18-19,21-22,26H,3-8,10-11,13-14,16-17H2,1-2H3/t21?,22-/m0/s1. The van der Waals surface area contributed by atoms with Crippen molar-refractivity contribution in [3.63, 3.8) is 0 Å². The van der Waals surface area contributed by atoms with Crippen LogP contribution in [-0.4, -0.2) is 33.5 Å². The maximum Gasteiger partial charge on any atom is 0.225 e. The molecule has 1 aliphatic heterocycles. The van der Waals surface area contributed by atoms with Crippen LogP contribution >= 0.6 is 0 Å². The maximum atomic E-state index is 12.6. The molecule has 2 heterocycles. The summed E-state index contributed by atoms with van der Waals surface area (Å²) in [6.45, 7) is 5.36. The van der Waals surface area contributed by atoms with Crippen LogP contribution in [0, 0.1) is 5.92 Å². The van der Waals surface area contributed by atoms with Crippen LogP contribution in [0.3, 0.4) is 0 Å². The highest BCUT2D eigenvalue weighted by Gasteiger charge is 2.30. The van der Waals surface area contributed by atoms with Crippen LogP contribution in [0.25, 0.3) is 0 Å². The van der Waals surface area contributed by atoms with Gasteiger partial charge in [0.1, 0.15) is 0 Å². The summed E-state index contributed by atoms with van der Waals surface area (Å²) in [5.41, 5.74) is 1.11. The third-order valence-electron chi connectivity index (χ3n) is 5.62. The molecule has 0 aliphatic carbocycles. The van der Waals surface area contributed by atoms with E-state index >= 15 is 0 Å². The fourth-order valence-electron chi connectivity index (χ4n) is 4.05. The van der Waals surface area contributed by atoms with Gasteiger partial charge < -0.3 is 10.0 Å². The molecule has 0 aromatic carbocycles. The number of carbonyl (C=O) groups excluding carboxylic acids is 1. The Hall–Kier alpha value is -1.42. The van der Waals surface area contributed by atoms with E-state index in [2.05, 4.69) is 18.8 Å². The molecule has 1 aromatic rings. The van der Waals surface area contributed by atoms with Gasteiger partial charge in [0.2, 0.25) is 5.91 Å². The molecule has 2 atom stereocenters. The Morgan fingerprint density at radius 3 is 2.56 bits per heavy atom. The number of hydrogen-bond donors (Lipinski definition) is 1. The Morgan fingerprint density at radius 2 is 1.89 bits per heavy atom. The smallest absolute Gasteiger partial charge is 0.225 e. The molecule has 2 rings (SSSR count). The van der Waals surface area contributed by atoms with Crippen molar-refractivity contribution in [2.24, 2.45) is 5.92 Å². The topological polar surface area (TPSA) is 53.4 Å². The number of hydrogen-bond acceptors (Lipinski definition) is 3. The van der Waals surface area contributed by atoms with Crippen LogP contribution in [0.4, 0.5) is 0 Å². The van der Waals surface area contributed by atoms with Gasteiger partial charge in [-0.1, -0.05) is 64.9 Å². The molecule has 152 valence electrons. The number of nitrogens with zero attached hydrogens (tertiary/aromatic N) is 2. The monoisotopic (exact) mass is 374 g/mol. The molecule has 1 amide bonds. The van der Waals surface area contributed by atoms with Crippen molar-refractivity contribution in [1.29, 1.82) is 0 Å². The molecule has 1 aromatic heterocycles. The third kappa shape index (κ3) is 8.00. The number of rotatable bonds is 12. The summed E-state index contributed by atoms with van der Waals surface area (Å²) in [5.74, 6) is 0.897. The van der Waals surface area contributed by atoms with E-state index in [0.717, 1.165) is 50.1 Å². The number of carbonyl (C=O) groups is 1. The number of unbranched alkanes of at least 4 members (excludes halogenated alkanes) is 5. The normalized spacial score (nSPS) is 18.2. The van der Waals surface area contributed by atoms with Crippen molar-refractivity contribution in [1.82, 2.24) is 9.88 Å². The van der Waals surface area contributed by atoms with Gasteiger partial charge in [-0.15, -0.1) is 0 Å². The third-order valence-corrected chi connectivity index (χ3v) is 5.62. The molecule has 0 bridgehead atoms. The molecule has 1 fully saturated rings. The van der Waals surface area contributed by atoms with E-state index in [-0.39, 0.29) is 18.4 Å². The molecule has 1 aliphatic rings. The van der Waals surface area contributed by atoms with Gasteiger partial charge in [-0.25, -0.2) is 0 Å². The van der Waals surface area contributed by atoms with Crippen LogP contribution in [0.1, 0.15) is 96.1 Å². The quantitative estimate of drug-likeness (QED) is 0.507. The Bertz CT molecular complexity index is 532. The first-order valence-corrected chi connectivity index (χ1v) is 11.0. The number of pyridine rings is 1. The average Bonchev–Trinajstić information content (AvgIpc) is 3.14. The van der Waals surface area contributed by atoms with E-state index in [9.17, 15) is 9.90 Å². The second kappa shape index (κ2) is 12.1. The largest absolute Gasteiger partial charge is 0.393 e. The second-order valence-electron chi connectivity index (χ2n) is 8.48. The van der Waals surface area contributed by atoms with Crippen molar-refractivity contribution in [2.45, 2.75) is 96.6 Å². The first-order valence-electron chi connectivity index (χ1n) is 11.0. The molecule has 0 spiro atoms. The summed E-state index contributed by atoms with van der Waals surface area (Å²) in [7, 11) is 0. The second-order valence-corrected chi connectivity index (χ2v) is 8.48. The minimum Gasteiger partial charge on any atom is -0.393 e. The summed E-state index contributed by atoms with van der Waals surface area (Å²) < 4.78 is 0. The first kappa shape index (κ1) is 21.9. The van der Waals surface area contributed by atoms with Gasteiger partial charge in [-0.2, -0.15) is 0 Å². The van der Waals surface area contributed by atoms with Crippen LogP contribution < -0.4 is 0 Å². The zero-order valence-corrected chi connectivity index (χ0v) is 17.3. The molecule has 0 saturated carbocycles. The van der Waals surface area contributed by atoms with Crippen LogP contribution in [-0.2, 0) is 4.79 Å². The summed E-state index contributed by atoms with van der Waals surface area (Å²) in [6, 6.07) is 4.10. The number of aliphatic hydroxyl groups is 1. The van der Waals surface area contributed by atoms with E-state index in [1.165, 1.54) is 32.1 Å². The predicted octanol–water partition coefficient (Wildman–Crippen LogP) is 5.27. The van der Waals surface area contributed by atoms with Gasteiger partial charge in [0.25, 0.3) is 0 Å². The summed E-state index contributed by atoms with van der Waals surface area (Å²) in [6.07, 6.45) is 14.8. The van der Waals surface area contributed by atoms with Crippen molar-refractivity contribution in [3.8, 4) is 0 Å². The molecule has 4 nitrogen and oxygen atoms in total. The zero-order valence-electron chi connectivity index (χ0n) is 17.3. The van der Waals surface area contributed by atoms with Gasteiger partial charge in [-0.3, -0.25) is 9.78 Å². The number of amides is 1. The van der Waals surface area contributed by atoms with Gasteiger partial charge in [0.15, 0.2) is 0 Å². The van der Waals surface area contributed by atoms with Crippen LogP contribution in [0.5, 0.6) is 0 Å². The van der Waals surface area contributed by atoms with Crippen molar-refractivity contribution >= 4 is 5.91 Å². The molecular weight excluding hydrogens is 336 g/mol. The molecule has 27 heavy (non-hydrogen) atoms. The number of aliphatic hydroxyl groups excluding tert-OH is 1. The minimum atomic E-state index is -0.506. The Morgan fingerprint density at radius 1 is 1.19 bits per heavy atom. The van der Waals surface area contributed by atoms with Crippen molar-refractivity contribution < 1.29 is 9.90 Å². The summed E-state index contributed by atoms with van der Waals surface area (Å²) >= 11 is 0. The Labute approximate surface area is 165 Å². The average molecular weight is 375 g/mol. The molecule has 1 saturated heterocycles. The van der Waals surface area contributed by atoms with E-state index in [1.54, 1.807) is 6.20 Å². The lowest BCUT2D eigenvalue weighted by molar-refractivity contribution is -0.134. The lowest BCUT2D eigenvalue weighted by Gasteiger charge is -2.26. The fraction of sp³-hybridized carbons (Fsp3) is 0.739. The highest BCUT2D eigenvalue weighted by molar-refractivity contribution is 5.77. The molecule has 1 unspecified atom stereocenters. The molecule has 0 radical (unpaired) electrons. The Balaban J connectivity index is 1.61. The predicted molar refractivity (Wildman–Crippen MR) is 110 cm³/mol. The van der Waals surface area contributed by atoms with Gasteiger partial charge in [-0.05, 0) is 36.8 Å².